The number of anilines is 1. The fourth-order valence-corrected chi connectivity index (χ4v) is 4.03. The maximum atomic E-state index is 13.4. The van der Waals surface area contributed by atoms with E-state index in [1.165, 1.54) is 6.92 Å². The smallest absolute Gasteiger partial charge is 0.254 e. The Hall–Kier alpha value is -4.58. The van der Waals surface area contributed by atoms with Crippen LogP contribution in [0.25, 0.3) is 0 Å². The van der Waals surface area contributed by atoms with E-state index in [0.29, 0.717) is 42.4 Å². The first kappa shape index (κ1) is 25.5. The van der Waals surface area contributed by atoms with Crippen molar-refractivity contribution >= 4 is 17.5 Å². The molecule has 1 N–H and O–H groups in total. The lowest BCUT2D eigenvalue weighted by Gasteiger charge is -2.24. The van der Waals surface area contributed by atoms with Gasteiger partial charge in [0.05, 0.1) is 7.11 Å². The van der Waals surface area contributed by atoms with Gasteiger partial charge in [0.15, 0.2) is 0 Å². The third kappa shape index (κ3) is 7.21. The molecule has 0 radical (unpaired) electrons. The number of hydrogen-bond acceptors (Lipinski definition) is 4. The van der Waals surface area contributed by atoms with Crippen molar-refractivity contribution in [2.45, 2.75) is 26.6 Å². The second-order valence-corrected chi connectivity index (χ2v) is 8.65. The van der Waals surface area contributed by atoms with Crippen LogP contribution in [0.3, 0.4) is 0 Å². The van der Waals surface area contributed by atoms with E-state index in [9.17, 15) is 9.59 Å². The molecule has 0 unspecified atom stereocenters. The van der Waals surface area contributed by atoms with Crippen LogP contribution in [0.15, 0.2) is 103 Å². The second-order valence-electron chi connectivity index (χ2n) is 8.65. The van der Waals surface area contributed by atoms with E-state index >= 15 is 0 Å². The topological polar surface area (TPSA) is 67.9 Å². The number of methoxy groups -OCH3 is 1. The van der Waals surface area contributed by atoms with Gasteiger partial charge in [0.2, 0.25) is 5.91 Å². The Kier molecular flexibility index (Phi) is 8.55. The minimum Gasteiger partial charge on any atom is -0.496 e. The van der Waals surface area contributed by atoms with Crippen LogP contribution >= 0.6 is 0 Å². The Bertz CT molecular complexity index is 1320. The fraction of sp³-hybridized carbons (Fsp3) is 0.161. The Labute approximate surface area is 217 Å². The summed E-state index contributed by atoms with van der Waals surface area (Å²) in [6.07, 6.45) is 0. The molecule has 0 saturated carbocycles. The predicted molar refractivity (Wildman–Crippen MR) is 145 cm³/mol. The van der Waals surface area contributed by atoms with Crippen LogP contribution in [0.5, 0.6) is 11.5 Å². The number of benzene rings is 4. The highest BCUT2D eigenvalue weighted by atomic mass is 16.5. The van der Waals surface area contributed by atoms with Gasteiger partial charge in [0.25, 0.3) is 5.91 Å². The third-order valence-electron chi connectivity index (χ3n) is 5.81. The summed E-state index contributed by atoms with van der Waals surface area (Å²) in [6, 6.07) is 32.4. The van der Waals surface area contributed by atoms with Crippen molar-refractivity contribution in [2.24, 2.45) is 0 Å². The van der Waals surface area contributed by atoms with E-state index in [4.69, 9.17) is 9.47 Å². The number of ether oxygens (including phenoxy) is 2. The molecule has 0 saturated heterocycles. The van der Waals surface area contributed by atoms with Gasteiger partial charge in [0.1, 0.15) is 18.1 Å². The molecule has 2 amide bonds. The highest BCUT2D eigenvalue weighted by molar-refractivity contribution is 5.94. The molecule has 0 aliphatic heterocycles. The van der Waals surface area contributed by atoms with Crippen molar-refractivity contribution in [3.8, 4) is 11.5 Å². The maximum absolute atomic E-state index is 13.4. The number of amides is 2. The summed E-state index contributed by atoms with van der Waals surface area (Å²) >= 11 is 0. The van der Waals surface area contributed by atoms with Gasteiger partial charge < -0.3 is 19.7 Å². The van der Waals surface area contributed by atoms with E-state index in [2.05, 4.69) is 5.32 Å². The van der Waals surface area contributed by atoms with Crippen molar-refractivity contribution in [3.63, 3.8) is 0 Å². The monoisotopic (exact) mass is 494 g/mol. The molecule has 4 aromatic rings. The summed E-state index contributed by atoms with van der Waals surface area (Å²) in [7, 11) is 1.63. The van der Waals surface area contributed by atoms with Gasteiger partial charge in [-0.05, 0) is 59.7 Å². The quantitative estimate of drug-likeness (QED) is 0.290. The molecule has 188 valence electrons. The van der Waals surface area contributed by atoms with Crippen molar-refractivity contribution in [1.29, 1.82) is 0 Å². The minimum atomic E-state index is -0.123. The first-order valence-corrected chi connectivity index (χ1v) is 12.1. The molecule has 0 bridgehead atoms. The summed E-state index contributed by atoms with van der Waals surface area (Å²) in [4.78, 5) is 26.5. The standard InChI is InChI=1S/C31H30N2O4/c1-23(34)32-28-14-16-29(17-15-28)37-22-27-19-25(13-18-30(27)36-2)21-33(20-24-9-5-3-6-10-24)31(35)26-11-7-4-8-12-26/h3-19H,20-22H2,1-2H3,(H,32,34). The molecule has 0 aliphatic carbocycles. The Morgan fingerprint density at radius 1 is 0.784 bits per heavy atom. The van der Waals surface area contributed by atoms with Gasteiger partial charge in [0, 0.05) is 36.8 Å². The van der Waals surface area contributed by atoms with Gasteiger partial charge in [-0.2, -0.15) is 0 Å². The fourth-order valence-electron chi connectivity index (χ4n) is 4.03. The van der Waals surface area contributed by atoms with Crippen LogP contribution in [0, 0.1) is 0 Å². The Morgan fingerprint density at radius 3 is 2.08 bits per heavy atom. The average Bonchev–Trinajstić information content (AvgIpc) is 2.93. The van der Waals surface area contributed by atoms with Gasteiger partial charge in [-0.3, -0.25) is 9.59 Å². The van der Waals surface area contributed by atoms with Crippen LogP contribution in [0.4, 0.5) is 5.69 Å². The SMILES string of the molecule is COc1ccc(CN(Cc2ccccc2)C(=O)c2ccccc2)cc1COc1ccc(NC(C)=O)cc1. The molecular formula is C31H30N2O4. The van der Waals surface area contributed by atoms with Crippen LogP contribution in [0.1, 0.15) is 34.0 Å². The largest absolute Gasteiger partial charge is 0.496 e. The van der Waals surface area contributed by atoms with Crippen molar-refractivity contribution in [3.05, 3.63) is 125 Å². The second kappa shape index (κ2) is 12.4. The molecule has 0 atom stereocenters. The summed E-state index contributed by atoms with van der Waals surface area (Å²) in [5.41, 5.74) is 4.27. The summed E-state index contributed by atoms with van der Waals surface area (Å²) in [6.45, 7) is 2.69. The zero-order valence-electron chi connectivity index (χ0n) is 21.0. The lowest BCUT2D eigenvalue weighted by Crippen LogP contribution is -2.30. The summed E-state index contributed by atoms with van der Waals surface area (Å²) in [5, 5.41) is 2.74. The average molecular weight is 495 g/mol. The minimum absolute atomic E-state index is 0.0302. The highest BCUT2D eigenvalue weighted by Gasteiger charge is 2.17. The molecule has 37 heavy (non-hydrogen) atoms. The Balaban J connectivity index is 1.52. The molecule has 0 aliphatic rings. The molecule has 0 fully saturated rings. The first-order chi connectivity index (χ1) is 18.0. The number of carbonyl (C=O) groups is 2. The number of carbonyl (C=O) groups excluding carboxylic acids is 2. The first-order valence-electron chi connectivity index (χ1n) is 12.1. The van der Waals surface area contributed by atoms with E-state index < -0.39 is 0 Å². The lowest BCUT2D eigenvalue weighted by atomic mass is 10.1. The van der Waals surface area contributed by atoms with Crippen LogP contribution in [-0.4, -0.2) is 23.8 Å². The highest BCUT2D eigenvalue weighted by Crippen LogP contribution is 2.25. The number of nitrogens with one attached hydrogen (secondary N) is 1. The molecule has 0 aromatic heterocycles. The van der Waals surface area contributed by atoms with E-state index in [1.54, 1.807) is 19.2 Å². The molecule has 4 aromatic carbocycles. The van der Waals surface area contributed by atoms with Crippen molar-refractivity contribution in [2.75, 3.05) is 12.4 Å². The third-order valence-corrected chi connectivity index (χ3v) is 5.81. The molecule has 6 nitrogen and oxygen atoms in total. The molecular weight excluding hydrogens is 464 g/mol. The maximum Gasteiger partial charge on any atom is 0.254 e. The Morgan fingerprint density at radius 2 is 1.43 bits per heavy atom. The van der Waals surface area contributed by atoms with Gasteiger partial charge in [-0.1, -0.05) is 54.6 Å². The normalized spacial score (nSPS) is 10.4. The van der Waals surface area contributed by atoms with Crippen LogP contribution in [0.2, 0.25) is 0 Å². The van der Waals surface area contributed by atoms with Gasteiger partial charge in [-0.25, -0.2) is 0 Å². The van der Waals surface area contributed by atoms with Gasteiger partial charge in [-0.15, -0.1) is 0 Å². The van der Waals surface area contributed by atoms with Crippen molar-refractivity contribution < 1.29 is 19.1 Å². The molecule has 6 heteroatoms. The predicted octanol–water partition coefficient (Wildman–Crippen LogP) is 6.08. The van der Waals surface area contributed by atoms with Crippen LogP contribution in [-0.2, 0) is 24.5 Å². The summed E-state index contributed by atoms with van der Waals surface area (Å²) < 4.78 is 11.6. The van der Waals surface area contributed by atoms with Crippen molar-refractivity contribution in [1.82, 2.24) is 4.90 Å². The number of hydrogen-bond donors (Lipinski definition) is 1. The van der Waals surface area contributed by atoms with E-state index in [0.717, 1.165) is 16.7 Å². The van der Waals surface area contributed by atoms with E-state index in [1.807, 2.05) is 95.9 Å². The molecule has 0 spiro atoms. The molecule has 0 heterocycles. The zero-order valence-corrected chi connectivity index (χ0v) is 21.0. The zero-order chi connectivity index (χ0) is 26.0. The van der Waals surface area contributed by atoms with Crippen LogP contribution < -0.4 is 14.8 Å². The lowest BCUT2D eigenvalue weighted by molar-refractivity contribution is -0.114. The number of rotatable bonds is 10. The summed E-state index contributed by atoms with van der Waals surface area (Å²) in [5.74, 6) is 1.23. The van der Waals surface area contributed by atoms with Gasteiger partial charge >= 0.3 is 0 Å². The molecule has 4 rings (SSSR count). The van der Waals surface area contributed by atoms with E-state index in [-0.39, 0.29) is 11.8 Å². The number of nitrogens with zero attached hydrogens (tertiary/aromatic N) is 1.